The average Bonchev–Trinajstić information content (AvgIpc) is 2.18. The summed E-state index contributed by atoms with van der Waals surface area (Å²) in [7, 11) is 3.20. The van der Waals surface area contributed by atoms with Gasteiger partial charge in [-0.05, 0) is 18.2 Å². The summed E-state index contributed by atoms with van der Waals surface area (Å²) in [6.45, 7) is 0. The summed E-state index contributed by atoms with van der Waals surface area (Å²) in [5, 5.41) is 3.43. The Balaban J connectivity index is 3.09. The number of methoxy groups -OCH3 is 2. The third kappa shape index (κ3) is 2.11. The molecule has 0 fully saturated rings. The van der Waals surface area contributed by atoms with E-state index >= 15 is 0 Å². The molecule has 0 saturated heterocycles. The number of benzene rings is 1. The quantitative estimate of drug-likeness (QED) is 0.429. The van der Waals surface area contributed by atoms with Crippen LogP contribution >= 0.6 is 0 Å². The van der Waals surface area contributed by atoms with Crippen molar-refractivity contribution in [1.29, 1.82) is 0 Å². The minimum absolute atomic E-state index is 0.718. The Morgan fingerprint density at radius 3 is 2.62 bits per heavy atom. The number of rotatable bonds is 3. The van der Waals surface area contributed by atoms with Crippen LogP contribution in [0, 0.1) is 0 Å². The van der Waals surface area contributed by atoms with E-state index < -0.39 is 0 Å². The molecule has 0 saturated carbocycles. The molecule has 0 radical (unpaired) electrons. The van der Waals surface area contributed by atoms with Crippen LogP contribution in [0.3, 0.4) is 0 Å². The van der Waals surface area contributed by atoms with E-state index in [1.165, 1.54) is 6.21 Å². The van der Waals surface area contributed by atoms with Gasteiger partial charge in [-0.1, -0.05) is 0 Å². The van der Waals surface area contributed by atoms with Crippen molar-refractivity contribution in [3.05, 3.63) is 23.8 Å². The number of hydrazone groups is 1. The van der Waals surface area contributed by atoms with Gasteiger partial charge in [0.1, 0.15) is 11.5 Å². The third-order valence-electron chi connectivity index (χ3n) is 1.65. The van der Waals surface area contributed by atoms with Crippen molar-refractivity contribution in [1.82, 2.24) is 0 Å². The third-order valence-corrected chi connectivity index (χ3v) is 1.65. The molecule has 0 bridgehead atoms. The number of ether oxygens (including phenoxy) is 2. The lowest BCUT2D eigenvalue weighted by Crippen LogP contribution is -1.94. The van der Waals surface area contributed by atoms with Crippen LogP contribution in [0.5, 0.6) is 11.5 Å². The Hall–Kier alpha value is -1.71. The predicted molar refractivity (Wildman–Crippen MR) is 51.3 cm³/mol. The monoisotopic (exact) mass is 180 g/mol. The van der Waals surface area contributed by atoms with Gasteiger partial charge in [-0.25, -0.2) is 0 Å². The largest absolute Gasteiger partial charge is 0.497 e. The van der Waals surface area contributed by atoms with E-state index in [9.17, 15) is 0 Å². The topological polar surface area (TPSA) is 56.8 Å². The van der Waals surface area contributed by atoms with Gasteiger partial charge in [-0.3, -0.25) is 0 Å². The summed E-state index contributed by atoms with van der Waals surface area (Å²) < 4.78 is 10.1. The molecule has 2 N–H and O–H groups in total. The first kappa shape index (κ1) is 9.38. The lowest BCUT2D eigenvalue weighted by Gasteiger charge is -2.05. The van der Waals surface area contributed by atoms with Gasteiger partial charge in [0.15, 0.2) is 0 Å². The molecule has 0 aliphatic heterocycles. The average molecular weight is 180 g/mol. The fourth-order valence-corrected chi connectivity index (χ4v) is 1.02. The highest BCUT2D eigenvalue weighted by Gasteiger charge is 2.01. The van der Waals surface area contributed by atoms with Gasteiger partial charge in [0, 0.05) is 5.56 Å². The highest BCUT2D eigenvalue weighted by atomic mass is 16.5. The zero-order valence-electron chi connectivity index (χ0n) is 7.65. The van der Waals surface area contributed by atoms with Gasteiger partial charge in [0.2, 0.25) is 0 Å². The van der Waals surface area contributed by atoms with E-state index in [-0.39, 0.29) is 0 Å². The van der Waals surface area contributed by atoms with Crippen LogP contribution in [-0.2, 0) is 0 Å². The smallest absolute Gasteiger partial charge is 0.127 e. The Labute approximate surface area is 77.0 Å². The normalized spacial score (nSPS) is 10.3. The molecule has 13 heavy (non-hydrogen) atoms. The van der Waals surface area contributed by atoms with Gasteiger partial charge >= 0.3 is 0 Å². The molecule has 1 aromatic carbocycles. The van der Waals surface area contributed by atoms with Crippen molar-refractivity contribution in [2.24, 2.45) is 10.9 Å². The predicted octanol–water partition coefficient (Wildman–Crippen LogP) is 0.996. The number of nitrogens with zero attached hydrogens (tertiary/aromatic N) is 1. The summed E-state index contributed by atoms with van der Waals surface area (Å²) in [4.78, 5) is 0. The SMILES string of the molecule is COc1ccc(OC)c(/C=N/N)c1. The molecule has 0 unspecified atom stereocenters. The molecule has 0 aliphatic carbocycles. The van der Waals surface area contributed by atoms with Crippen molar-refractivity contribution in [2.45, 2.75) is 0 Å². The molecule has 1 aromatic rings. The second-order valence-corrected chi connectivity index (χ2v) is 2.39. The second kappa shape index (κ2) is 4.35. The van der Waals surface area contributed by atoms with E-state index in [1.807, 2.05) is 6.07 Å². The molecule has 4 heteroatoms. The number of hydrogen-bond donors (Lipinski definition) is 1. The van der Waals surface area contributed by atoms with Crippen LogP contribution in [0.4, 0.5) is 0 Å². The summed E-state index contributed by atoms with van der Waals surface area (Å²) in [5.74, 6) is 6.51. The van der Waals surface area contributed by atoms with Gasteiger partial charge in [-0.2, -0.15) is 5.10 Å². The fourth-order valence-electron chi connectivity index (χ4n) is 1.02. The minimum Gasteiger partial charge on any atom is -0.497 e. The van der Waals surface area contributed by atoms with Gasteiger partial charge in [0.25, 0.3) is 0 Å². The maximum absolute atomic E-state index is 5.10. The number of hydrogen-bond acceptors (Lipinski definition) is 4. The molecule has 4 nitrogen and oxygen atoms in total. The Morgan fingerprint density at radius 2 is 2.08 bits per heavy atom. The molecule has 0 atom stereocenters. The highest BCUT2D eigenvalue weighted by molar-refractivity contribution is 5.84. The molecule has 0 heterocycles. The summed E-state index contributed by atoms with van der Waals surface area (Å²) in [6, 6.07) is 5.41. The standard InChI is InChI=1S/C9H12N2O2/c1-12-8-3-4-9(13-2)7(5-8)6-11-10/h3-6H,10H2,1-2H3/b11-6+. The van der Waals surface area contributed by atoms with E-state index in [0.717, 1.165) is 17.1 Å². The molecular formula is C9H12N2O2. The molecular weight excluding hydrogens is 168 g/mol. The van der Waals surface area contributed by atoms with Crippen LogP contribution in [0.2, 0.25) is 0 Å². The molecule has 0 aromatic heterocycles. The van der Waals surface area contributed by atoms with Gasteiger partial charge in [-0.15, -0.1) is 0 Å². The first-order chi connectivity index (χ1) is 6.31. The summed E-state index contributed by atoms with van der Waals surface area (Å²) >= 11 is 0. The highest BCUT2D eigenvalue weighted by Crippen LogP contribution is 2.21. The van der Waals surface area contributed by atoms with Crippen LogP contribution in [-0.4, -0.2) is 20.4 Å². The van der Waals surface area contributed by atoms with E-state index in [2.05, 4.69) is 5.10 Å². The maximum atomic E-state index is 5.10. The van der Waals surface area contributed by atoms with Crippen molar-refractivity contribution < 1.29 is 9.47 Å². The zero-order chi connectivity index (χ0) is 9.68. The molecule has 70 valence electrons. The molecule has 0 spiro atoms. The minimum atomic E-state index is 0.718. The van der Waals surface area contributed by atoms with E-state index in [1.54, 1.807) is 26.4 Å². The van der Waals surface area contributed by atoms with Crippen LogP contribution in [0.25, 0.3) is 0 Å². The first-order valence-corrected chi connectivity index (χ1v) is 3.77. The van der Waals surface area contributed by atoms with E-state index in [0.29, 0.717) is 0 Å². The van der Waals surface area contributed by atoms with Crippen molar-refractivity contribution in [2.75, 3.05) is 14.2 Å². The van der Waals surface area contributed by atoms with Gasteiger partial charge < -0.3 is 15.3 Å². The maximum Gasteiger partial charge on any atom is 0.127 e. The van der Waals surface area contributed by atoms with Crippen LogP contribution < -0.4 is 15.3 Å². The van der Waals surface area contributed by atoms with Crippen LogP contribution in [0.15, 0.2) is 23.3 Å². The van der Waals surface area contributed by atoms with E-state index in [4.69, 9.17) is 15.3 Å². The molecule has 1 rings (SSSR count). The fraction of sp³-hybridized carbons (Fsp3) is 0.222. The number of nitrogens with two attached hydrogens (primary N) is 1. The molecule has 0 aliphatic rings. The van der Waals surface area contributed by atoms with Crippen molar-refractivity contribution in [3.8, 4) is 11.5 Å². The Bertz CT molecular complexity index is 310. The molecule has 0 amide bonds. The van der Waals surface area contributed by atoms with Gasteiger partial charge in [0.05, 0.1) is 20.4 Å². The lowest BCUT2D eigenvalue weighted by molar-refractivity contribution is 0.402. The summed E-state index contributed by atoms with van der Waals surface area (Å²) in [6.07, 6.45) is 1.52. The van der Waals surface area contributed by atoms with Crippen molar-refractivity contribution in [3.63, 3.8) is 0 Å². The lowest BCUT2D eigenvalue weighted by atomic mass is 10.2. The van der Waals surface area contributed by atoms with Crippen molar-refractivity contribution >= 4 is 6.21 Å². The van der Waals surface area contributed by atoms with Crippen LogP contribution in [0.1, 0.15) is 5.56 Å². The summed E-state index contributed by atoms with van der Waals surface area (Å²) in [5.41, 5.74) is 0.796. The zero-order valence-corrected chi connectivity index (χ0v) is 7.65. The second-order valence-electron chi connectivity index (χ2n) is 2.39. The first-order valence-electron chi connectivity index (χ1n) is 3.77. The Morgan fingerprint density at radius 1 is 1.31 bits per heavy atom. The Kier molecular flexibility index (Phi) is 3.14.